The van der Waals surface area contributed by atoms with Gasteiger partial charge in [-0.25, -0.2) is 4.79 Å². The lowest BCUT2D eigenvalue weighted by Crippen LogP contribution is -2.53. The molecule has 1 aliphatic heterocycles. The molecular weight excluding hydrogens is 384 g/mol. The van der Waals surface area contributed by atoms with Gasteiger partial charge in [0.25, 0.3) is 0 Å². The lowest BCUT2D eigenvalue weighted by atomic mass is 9.95. The monoisotopic (exact) mass is 420 g/mol. The molecule has 7 heteroatoms. The van der Waals surface area contributed by atoms with Gasteiger partial charge < -0.3 is 24.4 Å². The third kappa shape index (κ3) is 6.82. The molecule has 0 spiro atoms. The Bertz CT molecular complexity index is 729. The number of ether oxygens (including phenoxy) is 3. The zero-order valence-electron chi connectivity index (χ0n) is 19.1. The number of hydrogen-bond acceptors (Lipinski definition) is 5. The van der Waals surface area contributed by atoms with Crippen LogP contribution in [0.2, 0.25) is 0 Å². The fraction of sp³-hybridized carbons (Fsp3) is 0.652. The maximum absolute atomic E-state index is 13.0. The number of piperidine rings is 1. The highest BCUT2D eigenvalue weighted by molar-refractivity contribution is 5.85. The van der Waals surface area contributed by atoms with Crippen LogP contribution in [0.3, 0.4) is 0 Å². The second-order valence-corrected chi connectivity index (χ2v) is 8.78. The second-order valence-electron chi connectivity index (χ2n) is 8.78. The quantitative estimate of drug-likeness (QED) is 0.723. The molecule has 30 heavy (non-hydrogen) atoms. The van der Waals surface area contributed by atoms with Crippen LogP contribution in [0, 0.1) is 0 Å². The van der Waals surface area contributed by atoms with Crippen LogP contribution in [-0.2, 0) is 16.0 Å². The molecular formula is C23H36N2O5. The number of alkyl carbamates (subject to hydrolysis) is 1. The van der Waals surface area contributed by atoms with Crippen molar-refractivity contribution in [3.63, 3.8) is 0 Å². The number of nitrogens with zero attached hydrogens (tertiary/aromatic N) is 1. The summed E-state index contributed by atoms with van der Waals surface area (Å²) >= 11 is 0. The molecule has 1 saturated heterocycles. The maximum atomic E-state index is 13.0. The van der Waals surface area contributed by atoms with Gasteiger partial charge >= 0.3 is 6.09 Å². The van der Waals surface area contributed by atoms with Crippen molar-refractivity contribution in [3.05, 3.63) is 23.8 Å². The average Bonchev–Trinajstić information content (AvgIpc) is 2.70. The Labute approximate surface area is 180 Å². The highest BCUT2D eigenvalue weighted by atomic mass is 16.6. The van der Waals surface area contributed by atoms with Gasteiger partial charge in [0, 0.05) is 12.6 Å². The number of likely N-dealkylation sites (tertiary alicyclic amines) is 1. The van der Waals surface area contributed by atoms with Gasteiger partial charge in [-0.1, -0.05) is 6.07 Å². The van der Waals surface area contributed by atoms with Crippen LogP contribution in [0.5, 0.6) is 11.5 Å². The summed E-state index contributed by atoms with van der Waals surface area (Å²) < 4.78 is 16.0. The minimum Gasteiger partial charge on any atom is -0.493 e. The molecule has 2 atom stereocenters. The molecule has 0 aliphatic carbocycles. The molecule has 168 valence electrons. The Kier molecular flexibility index (Phi) is 8.38. The van der Waals surface area contributed by atoms with E-state index in [4.69, 9.17) is 14.2 Å². The Balaban J connectivity index is 1.98. The van der Waals surface area contributed by atoms with Gasteiger partial charge in [-0.15, -0.1) is 0 Å². The number of amides is 2. The number of carbonyl (C=O) groups is 2. The highest BCUT2D eigenvalue weighted by Crippen LogP contribution is 2.29. The van der Waals surface area contributed by atoms with Crippen LogP contribution in [-0.4, -0.2) is 55.3 Å². The van der Waals surface area contributed by atoms with Crippen molar-refractivity contribution in [2.24, 2.45) is 0 Å². The normalized spacial score (nSPS) is 17.8. The molecule has 0 aromatic heterocycles. The van der Waals surface area contributed by atoms with Gasteiger partial charge in [-0.2, -0.15) is 0 Å². The van der Waals surface area contributed by atoms with Crippen LogP contribution < -0.4 is 14.8 Å². The van der Waals surface area contributed by atoms with E-state index in [1.165, 1.54) is 0 Å². The summed E-state index contributed by atoms with van der Waals surface area (Å²) in [5.41, 5.74) is 0.547. The third-order valence-electron chi connectivity index (χ3n) is 5.23. The van der Waals surface area contributed by atoms with Gasteiger partial charge in [0.15, 0.2) is 11.5 Å². The third-order valence-corrected chi connectivity index (χ3v) is 5.23. The number of rotatable bonds is 7. The number of aryl methyl sites for hydroxylation is 1. The Morgan fingerprint density at radius 3 is 2.50 bits per heavy atom. The molecule has 1 unspecified atom stereocenters. The molecule has 1 aromatic carbocycles. The molecule has 0 radical (unpaired) electrons. The lowest BCUT2D eigenvalue weighted by molar-refractivity contribution is -0.136. The lowest BCUT2D eigenvalue weighted by Gasteiger charge is -2.37. The van der Waals surface area contributed by atoms with Crippen molar-refractivity contribution in [1.29, 1.82) is 0 Å². The predicted octanol–water partition coefficient (Wildman–Crippen LogP) is 3.93. The van der Waals surface area contributed by atoms with Crippen LogP contribution in [0.4, 0.5) is 4.79 Å². The van der Waals surface area contributed by atoms with E-state index in [0.29, 0.717) is 11.5 Å². The molecule has 2 rings (SSSR count). The zero-order valence-corrected chi connectivity index (χ0v) is 19.1. The first kappa shape index (κ1) is 23.8. The van der Waals surface area contributed by atoms with Crippen LogP contribution >= 0.6 is 0 Å². The number of methoxy groups -OCH3 is 2. The number of nitrogens with one attached hydrogen (secondary N) is 1. The van der Waals surface area contributed by atoms with Crippen molar-refractivity contribution in [2.45, 2.75) is 77.5 Å². The molecule has 0 bridgehead atoms. The SMILES string of the molecule is COc1ccc(CCC2CCCCN2C(=O)[C@@H](C)NC(=O)OC(C)(C)C)cc1OC. The molecule has 1 aliphatic rings. The zero-order chi connectivity index (χ0) is 22.3. The number of carbonyl (C=O) groups excluding carboxylic acids is 2. The van der Waals surface area contributed by atoms with Gasteiger partial charge in [0.05, 0.1) is 14.2 Å². The summed E-state index contributed by atoms with van der Waals surface area (Å²) in [6.07, 6.45) is 4.19. The summed E-state index contributed by atoms with van der Waals surface area (Å²) in [7, 11) is 3.25. The molecule has 1 N–H and O–H groups in total. The molecule has 1 aromatic rings. The van der Waals surface area contributed by atoms with E-state index in [-0.39, 0.29) is 11.9 Å². The molecule has 1 fully saturated rings. The molecule has 7 nitrogen and oxygen atoms in total. The topological polar surface area (TPSA) is 77.1 Å². The minimum atomic E-state index is -0.624. The highest BCUT2D eigenvalue weighted by Gasteiger charge is 2.31. The summed E-state index contributed by atoms with van der Waals surface area (Å²) in [4.78, 5) is 27.0. The number of hydrogen-bond donors (Lipinski definition) is 1. The van der Waals surface area contributed by atoms with E-state index < -0.39 is 17.7 Å². The van der Waals surface area contributed by atoms with Crippen molar-refractivity contribution < 1.29 is 23.8 Å². The predicted molar refractivity (Wildman–Crippen MR) is 116 cm³/mol. The van der Waals surface area contributed by atoms with Crippen molar-refractivity contribution in [2.75, 3.05) is 20.8 Å². The van der Waals surface area contributed by atoms with E-state index in [1.54, 1.807) is 41.9 Å². The fourth-order valence-electron chi connectivity index (χ4n) is 3.76. The maximum Gasteiger partial charge on any atom is 0.408 e. The molecule has 0 saturated carbocycles. The second kappa shape index (κ2) is 10.5. The van der Waals surface area contributed by atoms with Gasteiger partial charge in [0.1, 0.15) is 11.6 Å². The first-order valence-corrected chi connectivity index (χ1v) is 10.7. The van der Waals surface area contributed by atoms with Crippen LogP contribution in [0.25, 0.3) is 0 Å². The van der Waals surface area contributed by atoms with Gasteiger partial charge in [0.2, 0.25) is 5.91 Å². The van der Waals surface area contributed by atoms with E-state index >= 15 is 0 Å². The summed E-state index contributed by atoms with van der Waals surface area (Å²) in [5.74, 6) is 1.36. The van der Waals surface area contributed by atoms with E-state index in [0.717, 1.165) is 44.2 Å². The van der Waals surface area contributed by atoms with Crippen LogP contribution in [0.15, 0.2) is 18.2 Å². The van der Waals surface area contributed by atoms with Gasteiger partial charge in [-0.05, 0) is 77.5 Å². The summed E-state index contributed by atoms with van der Waals surface area (Å²) in [5, 5.41) is 2.67. The minimum absolute atomic E-state index is 0.0575. The van der Waals surface area contributed by atoms with Crippen molar-refractivity contribution in [1.82, 2.24) is 10.2 Å². The van der Waals surface area contributed by atoms with Crippen molar-refractivity contribution >= 4 is 12.0 Å². The number of benzene rings is 1. The van der Waals surface area contributed by atoms with Crippen LogP contribution in [0.1, 0.15) is 58.9 Å². The Morgan fingerprint density at radius 2 is 1.87 bits per heavy atom. The van der Waals surface area contributed by atoms with E-state index in [9.17, 15) is 9.59 Å². The fourth-order valence-corrected chi connectivity index (χ4v) is 3.76. The van der Waals surface area contributed by atoms with Crippen molar-refractivity contribution in [3.8, 4) is 11.5 Å². The first-order chi connectivity index (χ1) is 14.1. The standard InChI is InChI=1S/C23H36N2O5/c1-16(24-22(27)30-23(2,3)4)21(26)25-14-8-7-9-18(25)12-10-17-11-13-19(28-5)20(15-17)29-6/h11,13,15-16,18H,7-10,12,14H2,1-6H3,(H,24,27)/t16-,18?/m1/s1. The summed E-state index contributed by atoms with van der Waals surface area (Å²) in [6.45, 7) is 7.83. The largest absolute Gasteiger partial charge is 0.493 e. The Hall–Kier alpha value is -2.44. The van der Waals surface area contributed by atoms with E-state index in [2.05, 4.69) is 5.32 Å². The first-order valence-electron chi connectivity index (χ1n) is 10.7. The molecule has 1 heterocycles. The molecule has 2 amide bonds. The summed E-state index contributed by atoms with van der Waals surface area (Å²) in [6, 6.07) is 5.46. The average molecular weight is 421 g/mol. The van der Waals surface area contributed by atoms with Gasteiger partial charge in [-0.3, -0.25) is 4.79 Å². The van der Waals surface area contributed by atoms with E-state index in [1.807, 2.05) is 23.1 Å². The Morgan fingerprint density at radius 1 is 1.17 bits per heavy atom. The smallest absolute Gasteiger partial charge is 0.408 e.